The van der Waals surface area contributed by atoms with Gasteiger partial charge in [-0.2, -0.15) is 0 Å². The lowest BCUT2D eigenvalue weighted by Crippen LogP contribution is -2.45. The zero-order valence-electron chi connectivity index (χ0n) is 10.9. The Morgan fingerprint density at radius 1 is 1.45 bits per heavy atom. The molecule has 1 aromatic carbocycles. The van der Waals surface area contributed by atoms with Gasteiger partial charge in [-0.1, -0.05) is 11.6 Å². The highest BCUT2D eigenvalue weighted by molar-refractivity contribution is 7.21. The molecule has 20 heavy (non-hydrogen) atoms. The first-order chi connectivity index (χ1) is 9.56. The van der Waals surface area contributed by atoms with Crippen molar-refractivity contribution in [2.24, 2.45) is 5.73 Å². The largest absolute Gasteiger partial charge is 0.397 e. The van der Waals surface area contributed by atoms with Crippen LogP contribution in [0.25, 0.3) is 10.1 Å². The average Bonchev–Trinajstić information content (AvgIpc) is 2.74. The minimum Gasteiger partial charge on any atom is -0.397 e. The van der Waals surface area contributed by atoms with Crippen LogP contribution in [-0.4, -0.2) is 29.9 Å². The van der Waals surface area contributed by atoms with E-state index in [1.807, 2.05) is 12.1 Å². The minimum atomic E-state index is -0.0185. The second kappa shape index (κ2) is 5.24. The van der Waals surface area contributed by atoms with Gasteiger partial charge in [0.1, 0.15) is 4.88 Å². The summed E-state index contributed by atoms with van der Waals surface area (Å²) < 4.78 is 0.944. The summed E-state index contributed by atoms with van der Waals surface area (Å²) >= 11 is 7.38. The molecule has 6 heteroatoms. The van der Waals surface area contributed by atoms with Crippen LogP contribution in [0.5, 0.6) is 0 Å². The molecule has 0 spiro atoms. The molecule has 1 aromatic heterocycles. The van der Waals surface area contributed by atoms with E-state index in [-0.39, 0.29) is 11.9 Å². The van der Waals surface area contributed by atoms with E-state index >= 15 is 0 Å². The van der Waals surface area contributed by atoms with Crippen molar-refractivity contribution in [1.29, 1.82) is 0 Å². The van der Waals surface area contributed by atoms with E-state index in [1.165, 1.54) is 11.3 Å². The van der Waals surface area contributed by atoms with Gasteiger partial charge in [0.2, 0.25) is 0 Å². The van der Waals surface area contributed by atoms with Crippen LogP contribution in [0.15, 0.2) is 18.2 Å². The third-order valence-electron chi connectivity index (χ3n) is 3.63. The van der Waals surface area contributed by atoms with Gasteiger partial charge in [0.05, 0.1) is 5.69 Å². The number of carbonyl (C=O) groups excluding carboxylic acids is 1. The van der Waals surface area contributed by atoms with Gasteiger partial charge < -0.3 is 16.4 Å². The number of nitrogens with zero attached hydrogens (tertiary/aromatic N) is 1. The van der Waals surface area contributed by atoms with Crippen molar-refractivity contribution in [3.8, 4) is 0 Å². The Balaban J connectivity index is 1.97. The quantitative estimate of drug-likeness (QED) is 0.850. The van der Waals surface area contributed by atoms with E-state index in [4.69, 9.17) is 23.1 Å². The standard InChI is InChI=1S/C14H16ClN3OS/c15-8-3-4-10-11(6-8)20-13(12(10)17)14(19)18-5-1-2-9(16)7-18/h3-4,6,9H,1-2,5,7,16-17H2. The Labute approximate surface area is 126 Å². The molecule has 0 aliphatic carbocycles. The maximum absolute atomic E-state index is 12.6. The molecule has 1 fully saturated rings. The van der Waals surface area contributed by atoms with E-state index in [0.717, 1.165) is 29.5 Å². The Hall–Kier alpha value is -1.30. The molecule has 1 aliphatic heterocycles. The van der Waals surface area contributed by atoms with E-state index in [9.17, 15) is 4.79 Å². The van der Waals surface area contributed by atoms with Crippen molar-refractivity contribution in [1.82, 2.24) is 4.90 Å². The number of carbonyl (C=O) groups is 1. The molecule has 106 valence electrons. The monoisotopic (exact) mass is 309 g/mol. The number of rotatable bonds is 1. The van der Waals surface area contributed by atoms with E-state index in [0.29, 0.717) is 22.1 Å². The van der Waals surface area contributed by atoms with Gasteiger partial charge in [0, 0.05) is 34.2 Å². The Bertz CT molecular complexity index is 670. The number of hydrogen-bond acceptors (Lipinski definition) is 4. The third kappa shape index (κ3) is 2.37. The number of benzene rings is 1. The molecule has 1 amide bonds. The average molecular weight is 310 g/mol. The van der Waals surface area contributed by atoms with Crippen LogP contribution in [0.2, 0.25) is 5.02 Å². The Morgan fingerprint density at radius 3 is 3.00 bits per heavy atom. The maximum Gasteiger partial charge on any atom is 0.266 e. The number of amides is 1. The minimum absolute atomic E-state index is 0.0185. The molecule has 2 heterocycles. The van der Waals surface area contributed by atoms with Crippen LogP contribution in [-0.2, 0) is 0 Å². The van der Waals surface area contributed by atoms with Crippen molar-refractivity contribution in [2.75, 3.05) is 18.8 Å². The number of hydrogen-bond donors (Lipinski definition) is 2. The number of nitrogens with two attached hydrogens (primary N) is 2. The van der Waals surface area contributed by atoms with Gasteiger partial charge in [0.25, 0.3) is 5.91 Å². The summed E-state index contributed by atoms with van der Waals surface area (Å²) in [7, 11) is 0. The predicted octanol–water partition coefficient (Wildman–Crippen LogP) is 2.70. The second-order valence-corrected chi connectivity index (χ2v) is 6.63. The molecule has 1 unspecified atom stereocenters. The number of likely N-dealkylation sites (tertiary alicyclic amines) is 1. The molecule has 0 bridgehead atoms. The van der Waals surface area contributed by atoms with Crippen LogP contribution in [0.3, 0.4) is 0 Å². The van der Waals surface area contributed by atoms with E-state index in [1.54, 1.807) is 11.0 Å². The van der Waals surface area contributed by atoms with Gasteiger partial charge in [-0.05, 0) is 31.0 Å². The fourth-order valence-corrected chi connectivity index (χ4v) is 3.95. The van der Waals surface area contributed by atoms with Gasteiger partial charge in [-0.3, -0.25) is 4.79 Å². The summed E-state index contributed by atoms with van der Waals surface area (Å²) in [4.78, 5) is 15.0. The fraction of sp³-hybridized carbons (Fsp3) is 0.357. The first kappa shape index (κ1) is 13.7. The van der Waals surface area contributed by atoms with Crippen LogP contribution in [0.4, 0.5) is 5.69 Å². The summed E-state index contributed by atoms with van der Waals surface area (Å²) in [5.41, 5.74) is 12.6. The SMILES string of the molecule is Nc1c(C(=O)N2CCCC(N)C2)sc2cc(Cl)ccc12. The fourth-order valence-electron chi connectivity index (χ4n) is 2.59. The highest BCUT2D eigenvalue weighted by Gasteiger charge is 2.25. The molecule has 1 aliphatic rings. The van der Waals surface area contributed by atoms with Crippen LogP contribution < -0.4 is 11.5 Å². The number of nitrogen functional groups attached to an aromatic ring is 1. The van der Waals surface area contributed by atoms with Crippen molar-refractivity contribution in [3.63, 3.8) is 0 Å². The molecule has 2 aromatic rings. The van der Waals surface area contributed by atoms with Crippen molar-refractivity contribution < 1.29 is 4.79 Å². The molecule has 0 radical (unpaired) electrons. The number of piperidine rings is 1. The number of anilines is 1. The lowest BCUT2D eigenvalue weighted by atomic mass is 10.1. The second-order valence-electron chi connectivity index (χ2n) is 5.14. The first-order valence-corrected chi connectivity index (χ1v) is 7.78. The first-order valence-electron chi connectivity index (χ1n) is 6.58. The van der Waals surface area contributed by atoms with Crippen LogP contribution in [0.1, 0.15) is 22.5 Å². The molecule has 3 rings (SSSR count). The summed E-state index contributed by atoms with van der Waals surface area (Å²) in [5, 5.41) is 1.54. The van der Waals surface area contributed by atoms with Crippen LogP contribution >= 0.6 is 22.9 Å². The molecule has 1 saturated heterocycles. The summed E-state index contributed by atoms with van der Waals surface area (Å²) in [5.74, 6) is -0.0185. The summed E-state index contributed by atoms with van der Waals surface area (Å²) in [6, 6.07) is 5.56. The number of halogens is 1. The topological polar surface area (TPSA) is 72.4 Å². The molecular formula is C14H16ClN3OS. The Morgan fingerprint density at radius 2 is 2.25 bits per heavy atom. The Kier molecular flexibility index (Phi) is 3.58. The zero-order valence-corrected chi connectivity index (χ0v) is 12.5. The van der Waals surface area contributed by atoms with Gasteiger partial charge in [-0.25, -0.2) is 0 Å². The van der Waals surface area contributed by atoms with Crippen molar-refractivity contribution >= 4 is 44.6 Å². The molecule has 4 nitrogen and oxygen atoms in total. The predicted molar refractivity (Wildman–Crippen MR) is 84.4 cm³/mol. The molecule has 4 N–H and O–H groups in total. The van der Waals surface area contributed by atoms with Gasteiger partial charge >= 0.3 is 0 Å². The van der Waals surface area contributed by atoms with Crippen LogP contribution in [0, 0.1) is 0 Å². The lowest BCUT2D eigenvalue weighted by Gasteiger charge is -2.30. The molecular weight excluding hydrogens is 294 g/mol. The molecule has 0 saturated carbocycles. The number of thiophene rings is 1. The molecule has 1 atom stereocenters. The van der Waals surface area contributed by atoms with Gasteiger partial charge in [-0.15, -0.1) is 11.3 Å². The van der Waals surface area contributed by atoms with Gasteiger partial charge in [0.15, 0.2) is 0 Å². The third-order valence-corrected chi connectivity index (χ3v) is 5.02. The summed E-state index contributed by atoms with van der Waals surface area (Å²) in [6.07, 6.45) is 1.92. The highest BCUT2D eigenvalue weighted by Crippen LogP contribution is 2.36. The highest BCUT2D eigenvalue weighted by atomic mass is 35.5. The lowest BCUT2D eigenvalue weighted by molar-refractivity contribution is 0.0715. The maximum atomic E-state index is 12.6. The summed E-state index contributed by atoms with van der Waals surface area (Å²) in [6.45, 7) is 1.36. The van der Waals surface area contributed by atoms with Crippen molar-refractivity contribution in [3.05, 3.63) is 28.1 Å². The van der Waals surface area contributed by atoms with E-state index in [2.05, 4.69) is 0 Å². The van der Waals surface area contributed by atoms with Crippen molar-refractivity contribution in [2.45, 2.75) is 18.9 Å². The zero-order chi connectivity index (χ0) is 14.3. The normalized spacial score (nSPS) is 19.5. The number of fused-ring (bicyclic) bond motifs is 1. The smallest absolute Gasteiger partial charge is 0.266 e. The van der Waals surface area contributed by atoms with E-state index < -0.39 is 0 Å².